The number of aromatic amines is 1. The molecule has 28 heavy (non-hydrogen) atoms. The number of methoxy groups -OCH3 is 2. The van der Waals surface area contributed by atoms with Gasteiger partial charge in [0.25, 0.3) is 0 Å². The molecular weight excluding hydrogens is 406 g/mol. The highest BCUT2D eigenvalue weighted by molar-refractivity contribution is 7.90. The van der Waals surface area contributed by atoms with Gasteiger partial charge in [0, 0.05) is 32.2 Å². The van der Waals surface area contributed by atoms with E-state index in [0.717, 1.165) is 6.26 Å². The number of aromatic nitrogens is 3. The molecule has 0 aliphatic rings. The second kappa shape index (κ2) is 8.21. The summed E-state index contributed by atoms with van der Waals surface area (Å²) in [5.74, 6) is 1.18. The Hall–Kier alpha value is -2.56. The van der Waals surface area contributed by atoms with Gasteiger partial charge in [-0.15, -0.1) is 0 Å². The topological polar surface area (TPSA) is 118 Å². The minimum atomic E-state index is -3.35. The van der Waals surface area contributed by atoms with E-state index in [-0.39, 0.29) is 10.8 Å². The maximum absolute atomic E-state index is 11.8. The molecule has 1 aromatic carbocycles. The quantitative estimate of drug-likeness (QED) is 0.471. The van der Waals surface area contributed by atoms with E-state index in [2.05, 4.69) is 25.6 Å². The summed E-state index contributed by atoms with van der Waals surface area (Å²) in [4.78, 5) is 12.1. The first kappa shape index (κ1) is 20.2. The number of sulfone groups is 1. The predicted molar refractivity (Wildman–Crippen MR) is 109 cm³/mol. The van der Waals surface area contributed by atoms with Crippen LogP contribution in [0.15, 0.2) is 29.3 Å². The van der Waals surface area contributed by atoms with Gasteiger partial charge in [0.2, 0.25) is 5.95 Å². The lowest BCUT2D eigenvalue weighted by Gasteiger charge is -2.13. The number of H-pyrrole nitrogens is 1. The van der Waals surface area contributed by atoms with Crippen molar-refractivity contribution < 1.29 is 17.9 Å². The van der Waals surface area contributed by atoms with Gasteiger partial charge in [-0.1, -0.05) is 11.6 Å². The summed E-state index contributed by atoms with van der Waals surface area (Å²) in [5.41, 5.74) is 1.07. The van der Waals surface area contributed by atoms with Crippen molar-refractivity contribution in [1.29, 1.82) is 0 Å². The summed E-state index contributed by atoms with van der Waals surface area (Å²) >= 11 is 6.23. The molecule has 150 valence electrons. The molecule has 0 atom stereocenters. The van der Waals surface area contributed by atoms with Gasteiger partial charge in [-0.3, -0.25) is 0 Å². The summed E-state index contributed by atoms with van der Waals surface area (Å²) in [6, 6.07) is 4.53. The van der Waals surface area contributed by atoms with Crippen LogP contribution in [0.3, 0.4) is 0 Å². The molecule has 3 N–H and O–H groups in total. The van der Waals surface area contributed by atoms with Crippen LogP contribution in [-0.4, -0.2) is 57.0 Å². The first-order chi connectivity index (χ1) is 13.3. The Morgan fingerprint density at radius 1 is 1.25 bits per heavy atom. The molecule has 0 saturated heterocycles. The molecule has 0 aliphatic carbocycles. The second-order valence-electron chi connectivity index (χ2n) is 5.93. The van der Waals surface area contributed by atoms with E-state index in [4.69, 9.17) is 21.1 Å². The Morgan fingerprint density at radius 2 is 2.04 bits per heavy atom. The molecule has 0 radical (unpaired) electrons. The van der Waals surface area contributed by atoms with Crippen LogP contribution in [-0.2, 0) is 14.6 Å². The van der Waals surface area contributed by atoms with Crippen LogP contribution in [0.5, 0.6) is 5.75 Å². The average molecular weight is 426 g/mol. The number of hydrogen-bond acceptors (Lipinski definition) is 8. The van der Waals surface area contributed by atoms with E-state index in [1.165, 1.54) is 19.2 Å². The fraction of sp³-hybridized carbons (Fsp3) is 0.294. The normalized spacial score (nSPS) is 11.6. The van der Waals surface area contributed by atoms with E-state index in [1.807, 2.05) is 0 Å². The minimum absolute atomic E-state index is 0.157. The summed E-state index contributed by atoms with van der Waals surface area (Å²) in [7, 11) is -0.283. The molecule has 0 fully saturated rings. The molecule has 0 spiro atoms. The third-order valence-corrected chi connectivity index (χ3v) is 5.34. The lowest BCUT2D eigenvalue weighted by molar-refractivity contribution is 0.210. The number of nitrogens with one attached hydrogen (secondary N) is 3. The van der Waals surface area contributed by atoms with Gasteiger partial charge in [0.15, 0.2) is 9.84 Å². The SMILES string of the molecule is COCCNc1nc(Nc2ccc(S(C)(=O)=O)cc2OC)nc2[nH]cc(Cl)c12. The van der Waals surface area contributed by atoms with Gasteiger partial charge in [-0.2, -0.15) is 9.97 Å². The fourth-order valence-electron chi connectivity index (χ4n) is 2.58. The molecule has 11 heteroatoms. The summed E-state index contributed by atoms with van der Waals surface area (Å²) < 4.78 is 33.9. The summed E-state index contributed by atoms with van der Waals surface area (Å²) in [6.07, 6.45) is 2.77. The van der Waals surface area contributed by atoms with Crippen LogP contribution in [0, 0.1) is 0 Å². The minimum Gasteiger partial charge on any atom is -0.495 e. The van der Waals surface area contributed by atoms with Gasteiger partial charge >= 0.3 is 0 Å². The standard InChI is InChI=1S/C17H20ClN5O4S/c1-26-7-6-19-15-14-11(18)9-20-16(14)23-17(22-15)21-12-5-4-10(28(3,24)25)8-13(12)27-2/h4-5,8-9H,6-7H2,1-3H3,(H3,19,20,21,22,23). The number of halogens is 1. The largest absolute Gasteiger partial charge is 0.495 e. The molecule has 9 nitrogen and oxygen atoms in total. The molecule has 3 aromatic rings. The van der Waals surface area contributed by atoms with Crippen molar-refractivity contribution in [2.45, 2.75) is 4.90 Å². The third-order valence-electron chi connectivity index (χ3n) is 3.93. The molecule has 0 saturated carbocycles. The average Bonchev–Trinajstić information content (AvgIpc) is 3.02. The zero-order chi connectivity index (χ0) is 20.3. The van der Waals surface area contributed by atoms with Crippen molar-refractivity contribution in [3.8, 4) is 5.75 Å². The fourth-order valence-corrected chi connectivity index (χ4v) is 3.45. The lowest BCUT2D eigenvalue weighted by Crippen LogP contribution is -2.10. The van der Waals surface area contributed by atoms with E-state index >= 15 is 0 Å². The second-order valence-corrected chi connectivity index (χ2v) is 8.36. The van der Waals surface area contributed by atoms with Crippen LogP contribution >= 0.6 is 11.6 Å². The Balaban J connectivity index is 1.98. The van der Waals surface area contributed by atoms with E-state index in [0.29, 0.717) is 46.5 Å². The van der Waals surface area contributed by atoms with Crippen molar-refractivity contribution in [3.63, 3.8) is 0 Å². The number of nitrogens with zero attached hydrogens (tertiary/aromatic N) is 2. The molecular formula is C17H20ClN5O4S. The highest BCUT2D eigenvalue weighted by atomic mass is 35.5. The highest BCUT2D eigenvalue weighted by Gasteiger charge is 2.16. The first-order valence-corrected chi connectivity index (χ1v) is 10.5. The smallest absolute Gasteiger partial charge is 0.231 e. The Morgan fingerprint density at radius 3 is 2.71 bits per heavy atom. The van der Waals surface area contributed by atoms with E-state index < -0.39 is 9.84 Å². The molecule has 0 bridgehead atoms. The van der Waals surface area contributed by atoms with Crippen molar-refractivity contribution in [2.24, 2.45) is 0 Å². The predicted octanol–water partition coefficient (Wildman–Crippen LogP) is 2.83. The Labute approximate surface area is 167 Å². The van der Waals surface area contributed by atoms with Crippen molar-refractivity contribution in [1.82, 2.24) is 15.0 Å². The van der Waals surface area contributed by atoms with Gasteiger partial charge in [-0.25, -0.2) is 8.42 Å². The van der Waals surface area contributed by atoms with Crippen molar-refractivity contribution in [2.75, 3.05) is 44.3 Å². The number of ether oxygens (including phenoxy) is 2. The van der Waals surface area contributed by atoms with Crippen LogP contribution in [0.2, 0.25) is 5.02 Å². The molecule has 0 amide bonds. The monoisotopic (exact) mass is 425 g/mol. The Bertz CT molecular complexity index is 1100. The summed E-state index contributed by atoms with van der Waals surface area (Å²) in [5, 5.41) is 7.39. The van der Waals surface area contributed by atoms with Crippen LogP contribution in [0.4, 0.5) is 17.5 Å². The van der Waals surface area contributed by atoms with Gasteiger partial charge in [0.05, 0.1) is 34.7 Å². The number of benzene rings is 1. The van der Waals surface area contributed by atoms with E-state index in [9.17, 15) is 8.42 Å². The summed E-state index contributed by atoms with van der Waals surface area (Å²) in [6.45, 7) is 1.03. The highest BCUT2D eigenvalue weighted by Crippen LogP contribution is 2.32. The molecule has 2 heterocycles. The zero-order valence-corrected chi connectivity index (χ0v) is 17.1. The van der Waals surface area contributed by atoms with Crippen LogP contribution < -0.4 is 15.4 Å². The van der Waals surface area contributed by atoms with Crippen molar-refractivity contribution >= 4 is 49.9 Å². The van der Waals surface area contributed by atoms with E-state index in [1.54, 1.807) is 19.4 Å². The molecule has 0 aliphatic heterocycles. The Kier molecular flexibility index (Phi) is 5.92. The maximum atomic E-state index is 11.8. The van der Waals surface area contributed by atoms with Gasteiger partial charge < -0.3 is 25.1 Å². The molecule has 3 rings (SSSR count). The molecule has 2 aromatic heterocycles. The van der Waals surface area contributed by atoms with Gasteiger partial charge in [0.1, 0.15) is 17.2 Å². The van der Waals surface area contributed by atoms with Gasteiger partial charge in [-0.05, 0) is 12.1 Å². The van der Waals surface area contributed by atoms with Crippen LogP contribution in [0.1, 0.15) is 0 Å². The third kappa shape index (κ3) is 4.29. The van der Waals surface area contributed by atoms with Crippen molar-refractivity contribution in [3.05, 3.63) is 29.4 Å². The zero-order valence-electron chi connectivity index (χ0n) is 15.5. The number of hydrogen-bond donors (Lipinski definition) is 3. The number of anilines is 3. The van der Waals surface area contributed by atoms with Crippen LogP contribution in [0.25, 0.3) is 11.0 Å². The maximum Gasteiger partial charge on any atom is 0.231 e. The number of rotatable bonds is 8. The number of fused-ring (bicyclic) bond motifs is 1. The lowest BCUT2D eigenvalue weighted by atomic mass is 10.3. The first-order valence-electron chi connectivity index (χ1n) is 8.26. The molecule has 0 unspecified atom stereocenters.